The predicted molar refractivity (Wildman–Crippen MR) is 79.8 cm³/mol. The van der Waals surface area contributed by atoms with Crippen molar-refractivity contribution in [2.24, 2.45) is 0 Å². The van der Waals surface area contributed by atoms with Crippen LogP contribution in [0, 0.1) is 5.82 Å². The molecular formula is C15H11BrFNO3. The van der Waals surface area contributed by atoms with Gasteiger partial charge in [-0.05, 0) is 58.4 Å². The fourth-order valence-corrected chi connectivity index (χ4v) is 2.03. The number of carbonyl (C=O) groups excluding carboxylic acids is 2. The van der Waals surface area contributed by atoms with E-state index in [1.807, 2.05) is 0 Å². The topological polar surface area (TPSA) is 55.4 Å². The summed E-state index contributed by atoms with van der Waals surface area (Å²) in [4.78, 5) is 23.3. The van der Waals surface area contributed by atoms with E-state index in [4.69, 9.17) is 0 Å². The Morgan fingerprint density at radius 3 is 2.29 bits per heavy atom. The van der Waals surface area contributed by atoms with Gasteiger partial charge in [-0.1, -0.05) is 0 Å². The summed E-state index contributed by atoms with van der Waals surface area (Å²) in [6.07, 6.45) is 0. The lowest BCUT2D eigenvalue weighted by Crippen LogP contribution is -2.12. The summed E-state index contributed by atoms with van der Waals surface area (Å²) >= 11 is 3.03. The fraction of sp³-hybridized carbons (Fsp3) is 0.0667. The number of halogens is 2. The first-order valence-corrected chi connectivity index (χ1v) is 6.75. The number of hydrogen-bond donors (Lipinski definition) is 1. The van der Waals surface area contributed by atoms with Crippen molar-refractivity contribution in [3.63, 3.8) is 0 Å². The van der Waals surface area contributed by atoms with Crippen molar-refractivity contribution in [1.82, 2.24) is 0 Å². The summed E-state index contributed by atoms with van der Waals surface area (Å²) in [5, 5.41) is 2.65. The van der Waals surface area contributed by atoms with E-state index in [0.29, 0.717) is 16.8 Å². The minimum absolute atomic E-state index is 0.219. The number of hydrogen-bond acceptors (Lipinski definition) is 3. The molecule has 2 aromatic rings. The van der Waals surface area contributed by atoms with Gasteiger partial charge in [0.15, 0.2) is 0 Å². The molecule has 6 heteroatoms. The molecule has 0 atom stereocenters. The van der Waals surface area contributed by atoms with Crippen LogP contribution in [-0.4, -0.2) is 19.0 Å². The molecule has 0 aliphatic rings. The van der Waals surface area contributed by atoms with Gasteiger partial charge in [-0.15, -0.1) is 0 Å². The van der Waals surface area contributed by atoms with Gasteiger partial charge in [0.05, 0.1) is 17.1 Å². The van der Waals surface area contributed by atoms with Crippen LogP contribution in [0.3, 0.4) is 0 Å². The van der Waals surface area contributed by atoms with Crippen LogP contribution < -0.4 is 5.32 Å². The number of nitrogens with one attached hydrogen (secondary N) is 1. The quantitative estimate of drug-likeness (QED) is 0.859. The highest BCUT2D eigenvalue weighted by molar-refractivity contribution is 9.10. The van der Waals surface area contributed by atoms with Crippen LogP contribution in [0.4, 0.5) is 10.1 Å². The zero-order chi connectivity index (χ0) is 15.4. The molecule has 0 spiro atoms. The molecular weight excluding hydrogens is 341 g/mol. The van der Waals surface area contributed by atoms with E-state index in [0.717, 1.165) is 0 Å². The Bertz CT molecular complexity index is 686. The first-order valence-electron chi connectivity index (χ1n) is 5.96. The molecule has 0 bridgehead atoms. The Morgan fingerprint density at radius 1 is 1.10 bits per heavy atom. The van der Waals surface area contributed by atoms with Gasteiger partial charge in [-0.2, -0.15) is 0 Å². The molecule has 1 N–H and O–H groups in total. The van der Waals surface area contributed by atoms with Gasteiger partial charge < -0.3 is 10.1 Å². The Kier molecular flexibility index (Phi) is 4.70. The number of benzene rings is 2. The van der Waals surface area contributed by atoms with Crippen LogP contribution in [0.25, 0.3) is 0 Å². The maximum absolute atomic E-state index is 13.1. The zero-order valence-corrected chi connectivity index (χ0v) is 12.6. The first kappa shape index (κ1) is 15.2. The summed E-state index contributed by atoms with van der Waals surface area (Å²) in [7, 11) is 1.30. The monoisotopic (exact) mass is 351 g/mol. The normalized spacial score (nSPS) is 10.0. The molecule has 0 heterocycles. The molecule has 0 aliphatic heterocycles. The number of rotatable bonds is 3. The number of carbonyl (C=O) groups is 2. The van der Waals surface area contributed by atoms with Crippen molar-refractivity contribution < 1.29 is 18.7 Å². The third kappa shape index (κ3) is 3.66. The molecule has 0 saturated heterocycles. The second-order valence-electron chi connectivity index (χ2n) is 4.15. The van der Waals surface area contributed by atoms with E-state index in [2.05, 4.69) is 26.0 Å². The average molecular weight is 352 g/mol. The molecule has 0 aliphatic carbocycles. The minimum Gasteiger partial charge on any atom is -0.465 e. The number of anilines is 1. The summed E-state index contributed by atoms with van der Waals surface area (Å²) in [6, 6.07) is 10.3. The second kappa shape index (κ2) is 6.49. The molecule has 0 radical (unpaired) electrons. The summed E-state index contributed by atoms with van der Waals surface area (Å²) < 4.78 is 17.9. The highest BCUT2D eigenvalue weighted by Gasteiger charge is 2.10. The lowest BCUT2D eigenvalue weighted by atomic mass is 10.2. The fourth-order valence-electron chi connectivity index (χ4n) is 1.65. The van der Waals surface area contributed by atoms with Crippen LogP contribution in [0.15, 0.2) is 46.9 Å². The van der Waals surface area contributed by atoms with E-state index in [-0.39, 0.29) is 10.4 Å². The van der Waals surface area contributed by atoms with Crippen molar-refractivity contribution in [2.75, 3.05) is 12.4 Å². The molecule has 0 unspecified atom stereocenters. The number of methoxy groups -OCH3 is 1. The van der Waals surface area contributed by atoms with E-state index >= 15 is 0 Å². The molecule has 0 aromatic heterocycles. The predicted octanol–water partition coefficient (Wildman–Crippen LogP) is 3.63. The smallest absolute Gasteiger partial charge is 0.337 e. The standard InChI is InChI=1S/C15H11BrFNO3/c1-21-15(20)9-2-5-11(6-3-9)18-14(19)10-4-7-13(17)12(16)8-10/h2-8H,1H3,(H,18,19). The van der Waals surface area contributed by atoms with Gasteiger partial charge in [0, 0.05) is 11.3 Å². The van der Waals surface area contributed by atoms with E-state index in [1.165, 1.54) is 25.3 Å². The van der Waals surface area contributed by atoms with Crippen molar-refractivity contribution in [1.29, 1.82) is 0 Å². The molecule has 0 fully saturated rings. The largest absolute Gasteiger partial charge is 0.465 e. The lowest BCUT2D eigenvalue weighted by Gasteiger charge is -2.07. The van der Waals surface area contributed by atoms with Gasteiger partial charge in [0.1, 0.15) is 5.82 Å². The molecule has 0 saturated carbocycles. The highest BCUT2D eigenvalue weighted by Crippen LogP contribution is 2.18. The summed E-state index contributed by atoms with van der Waals surface area (Å²) in [5.74, 6) is -1.26. The maximum atomic E-state index is 13.1. The lowest BCUT2D eigenvalue weighted by molar-refractivity contribution is 0.0600. The van der Waals surface area contributed by atoms with E-state index in [9.17, 15) is 14.0 Å². The Morgan fingerprint density at radius 2 is 1.71 bits per heavy atom. The first-order chi connectivity index (χ1) is 10.0. The Labute approximate surface area is 129 Å². The van der Waals surface area contributed by atoms with Crippen LogP contribution in [0.2, 0.25) is 0 Å². The molecule has 2 rings (SSSR count). The number of ether oxygens (including phenoxy) is 1. The van der Waals surface area contributed by atoms with Crippen LogP contribution >= 0.6 is 15.9 Å². The maximum Gasteiger partial charge on any atom is 0.337 e. The summed E-state index contributed by atoms with van der Waals surface area (Å²) in [5.41, 5.74) is 1.23. The minimum atomic E-state index is -0.449. The van der Waals surface area contributed by atoms with E-state index in [1.54, 1.807) is 24.3 Å². The van der Waals surface area contributed by atoms with Crippen molar-refractivity contribution in [3.05, 3.63) is 63.9 Å². The molecule has 1 amide bonds. The Balaban J connectivity index is 2.12. The highest BCUT2D eigenvalue weighted by atomic mass is 79.9. The summed E-state index contributed by atoms with van der Waals surface area (Å²) in [6.45, 7) is 0. The average Bonchev–Trinajstić information content (AvgIpc) is 2.50. The number of amides is 1. The van der Waals surface area contributed by atoms with E-state index < -0.39 is 11.8 Å². The van der Waals surface area contributed by atoms with Crippen molar-refractivity contribution in [3.8, 4) is 0 Å². The SMILES string of the molecule is COC(=O)c1ccc(NC(=O)c2ccc(F)c(Br)c2)cc1. The van der Waals surface area contributed by atoms with Crippen molar-refractivity contribution in [2.45, 2.75) is 0 Å². The number of esters is 1. The Hall–Kier alpha value is -2.21. The van der Waals surface area contributed by atoms with Crippen LogP contribution in [0.1, 0.15) is 20.7 Å². The van der Waals surface area contributed by atoms with Gasteiger partial charge >= 0.3 is 5.97 Å². The molecule has 21 heavy (non-hydrogen) atoms. The van der Waals surface area contributed by atoms with Gasteiger partial charge in [0.25, 0.3) is 5.91 Å². The van der Waals surface area contributed by atoms with Gasteiger partial charge in [0.2, 0.25) is 0 Å². The molecule has 2 aromatic carbocycles. The second-order valence-corrected chi connectivity index (χ2v) is 5.01. The third-order valence-corrected chi connectivity index (χ3v) is 3.35. The van der Waals surface area contributed by atoms with Gasteiger partial charge in [-0.25, -0.2) is 9.18 Å². The van der Waals surface area contributed by atoms with Crippen LogP contribution in [-0.2, 0) is 4.74 Å². The van der Waals surface area contributed by atoms with Crippen LogP contribution in [0.5, 0.6) is 0 Å². The van der Waals surface area contributed by atoms with Gasteiger partial charge in [-0.3, -0.25) is 4.79 Å². The van der Waals surface area contributed by atoms with Crippen molar-refractivity contribution >= 4 is 33.5 Å². The third-order valence-electron chi connectivity index (χ3n) is 2.75. The molecule has 4 nitrogen and oxygen atoms in total. The molecule has 108 valence electrons. The zero-order valence-electron chi connectivity index (χ0n) is 11.0.